The van der Waals surface area contributed by atoms with Crippen molar-refractivity contribution in [1.29, 1.82) is 0 Å². The van der Waals surface area contributed by atoms with Gasteiger partial charge in [0, 0.05) is 0 Å². The van der Waals surface area contributed by atoms with Gasteiger partial charge in [-0.25, -0.2) is 0 Å². The fraction of sp³-hybridized carbons (Fsp3) is 0.692. The minimum Gasteiger partial charge on any atom is -0.481 e. The quantitative estimate of drug-likeness (QED) is 0.353. The minimum atomic E-state index is -0.605. The number of aliphatic carboxylic acids is 2. The predicted molar refractivity (Wildman–Crippen MR) is 119 cm³/mol. The van der Waals surface area contributed by atoms with Gasteiger partial charge in [-0.3, -0.25) is 9.59 Å². The molecule has 0 heterocycles. The molecule has 0 aliphatic heterocycles. The van der Waals surface area contributed by atoms with Gasteiger partial charge in [-0.15, -0.1) is 0 Å². The normalized spacial score (nSPS) is 18.2. The molecule has 4 heteroatoms. The molecular weight excluding hydrogens is 376 g/mol. The van der Waals surface area contributed by atoms with Gasteiger partial charge >= 0.3 is 11.9 Å². The van der Waals surface area contributed by atoms with Gasteiger partial charge in [0.15, 0.2) is 0 Å². The Morgan fingerprint density at radius 2 is 1.10 bits per heavy atom. The summed E-state index contributed by atoms with van der Waals surface area (Å²) in [5.41, 5.74) is 4.79. The van der Waals surface area contributed by atoms with Crippen molar-refractivity contribution >= 4 is 11.9 Å². The van der Waals surface area contributed by atoms with E-state index in [0.29, 0.717) is 0 Å². The molecule has 0 saturated heterocycles. The number of benzene rings is 1. The maximum absolute atomic E-state index is 11.3. The zero-order valence-corrected chi connectivity index (χ0v) is 18.8. The summed E-state index contributed by atoms with van der Waals surface area (Å²) in [4.78, 5) is 22.5. The molecule has 0 radical (unpaired) electrons. The fourth-order valence-electron chi connectivity index (χ4n) is 4.84. The Kier molecular flexibility index (Phi) is 7.26. The van der Waals surface area contributed by atoms with Gasteiger partial charge in [-0.05, 0) is 100 Å². The Labute approximate surface area is 181 Å². The average molecular weight is 415 g/mol. The van der Waals surface area contributed by atoms with Crippen LogP contribution in [0.15, 0.2) is 12.1 Å². The fourth-order valence-corrected chi connectivity index (χ4v) is 4.84. The van der Waals surface area contributed by atoms with E-state index in [1.807, 2.05) is 0 Å². The van der Waals surface area contributed by atoms with Crippen LogP contribution in [0.4, 0.5) is 0 Å². The van der Waals surface area contributed by atoms with Crippen LogP contribution < -0.4 is 0 Å². The second-order valence-electron chi connectivity index (χ2n) is 10.00. The van der Waals surface area contributed by atoms with Crippen molar-refractivity contribution in [2.75, 3.05) is 0 Å². The molecule has 0 unspecified atom stereocenters. The highest BCUT2D eigenvalue weighted by Gasteiger charge is 2.49. The molecule has 3 rings (SSSR count). The highest BCUT2D eigenvalue weighted by Crippen LogP contribution is 2.50. The van der Waals surface area contributed by atoms with E-state index in [9.17, 15) is 19.8 Å². The van der Waals surface area contributed by atoms with Crippen molar-refractivity contribution in [3.8, 4) is 0 Å². The molecule has 2 N–H and O–H groups in total. The molecule has 1 aromatic rings. The molecule has 0 amide bonds. The molecule has 0 atom stereocenters. The van der Waals surface area contributed by atoms with Crippen LogP contribution in [0.2, 0.25) is 0 Å². The number of carboxylic acids is 2. The molecular formula is C26H38O4. The summed E-state index contributed by atoms with van der Waals surface area (Å²) in [5, 5.41) is 18.6. The lowest BCUT2D eigenvalue weighted by Crippen LogP contribution is -2.14. The van der Waals surface area contributed by atoms with Crippen LogP contribution >= 0.6 is 0 Å². The lowest BCUT2D eigenvalue weighted by atomic mass is 9.92. The van der Waals surface area contributed by atoms with Crippen LogP contribution in [-0.4, -0.2) is 22.2 Å². The smallest absolute Gasteiger partial charge is 0.309 e. The summed E-state index contributed by atoms with van der Waals surface area (Å²) in [7, 11) is 0. The summed E-state index contributed by atoms with van der Waals surface area (Å²) in [5.74, 6) is -1.20. The molecule has 30 heavy (non-hydrogen) atoms. The van der Waals surface area contributed by atoms with Gasteiger partial charge in [0.1, 0.15) is 0 Å². The van der Waals surface area contributed by atoms with E-state index < -0.39 is 17.4 Å². The molecule has 2 saturated carbocycles. The average Bonchev–Trinajstić information content (AvgIpc) is 3.59. The van der Waals surface area contributed by atoms with E-state index >= 15 is 0 Å². The first-order chi connectivity index (χ1) is 14.3. The largest absolute Gasteiger partial charge is 0.481 e. The first-order valence-corrected chi connectivity index (χ1v) is 11.8. The van der Waals surface area contributed by atoms with E-state index in [1.54, 1.807) is 0 Å². The van der Waals surface area contributed by atoms with Gasteiger partial charge in [-0.2, -0.15) is 0 Å². The topological polar surface area (TPSA) is 74.6 Å². The number of carbonyl (C=O) groups is 2. The van der Waals surface area contributed by atoms with Crippen LogP contribution in [0.1, 0.15) is 99.3 Å². The Bertz CT molecular complexity index is 771. The Morgan fingerprint density at radius 3 is 1.53 bits per heavy atom. The summed E-state index contributed by atoms with van der Waals surface area (Å²) >= 11 is 0. The summed E-state index contributed by atoms with van der Waals surface area (Å²) in [6.07, 6.45) is 13.8. The Morgan fingerprint density at radius 1 is 0.700 bits per heavy atom. The van der Waals surface area contributed by atoms with Crippen LogP contribution in [0.3, 0.4) is 0 Å². The number of carboxylic acid groups (broad SMARTS) is 2. The molecule has 2 aliphatic carbocycles. The summed E-state index contributed by atoms with van der Waals surface area (Å²) in [6, 6.07) is 4.67. The van der Waals surface area contributed by atoms with Crippen molar-refractivity contribution in [3.63, 3.8) is 0 Å². The van der Waals surface area contributed by atoms with Crippen LogP contribution in [0.5, 0.6) is 0 Å². The van der Waals surface area contributed by atoms with Gasteiger partial charge < -0.3 is 10.2 Å². The zero-order chi connectivity index (χ0) is 21.8. The van der Waals surface area contributed by atoms with E-state index in [0.717, 1.165) is 89.9 Å². The van der Waals surface area contributed by atoms with Crippen LogP contribution in [0.25, 0.3) is 0 Å². The maximum Gasteiger partial charge on any atom is 0.309 e. The van der Waals surface area contributed by atoms with Gasteiger partial charge in [0.25, 0.3) is 0 Å². The molecule has 4 nitrogen and oxygen atoms in total. The Hall–Kier alpha value is -1.84. The highest BCUT2D eigenvalue weighted by atomic mass is 16.4. The van der Waals surface area contributed by atoms with E-state index in [4.69, 9.17) is 0 Å². The maximum atomic E-state index is 11.3. The molecule has 166 valence electrons. The Balaban J connectivity index is 1.38. The van der Waals surface area contributed by atoms with Gasteiger partial charge in [0.05, 0.1) is 10.8 Å². The van der Waals surface area contributed by atoms with Crippen molar-refractivity contribution in [3.05, 3.63) is 34.4 Å². The first kappa shape index (κ1) is 22.8. The lowest BCUT2D eigenvalue weighted by Gasteiger charge is -2.14. The first-order valence-electron chi connectivity index (χ1n) is 11.8. The molecule has 2 fully saturated rings. The highest BCUT2D eigenvalue weighted by molar-refractivity contribution is 5.78. The third-order valence-corrected chi connectivity index (χ3v) is 7.61. The molecule has 0 bridgehead atoms. The monoisotopic (exact) mass is 414 g/mol. The second kappa shape index (κ2) is 9.53. The van der Waals surface area contributed by atoms with E-state index in [1.165, 1.54) is 22.3 Å². The van der Waals surface area contributed by atoms with Crippen molar-refractivity contribution in [2.24, 2.45) is 10.8 Å². The standard InChI is InChI=1S/C26H38O4/c1-19-17-20(2)22(10-6-8-12-26(15-16-26)24(29)30)18-21(19)9-5-3-4-7-11-25(13-14-25)23(27)28/h17-18H,3-16H2,1-2H3,(H,27,28)(H,29,30). The third-order valence-electron chi connectivity index (χ3n) is 7.61. The van der Waals surface area contributed by atoms with Gasteiger partial charge in [0.2, 0.25) is 0 Å². The van der Waals surface area contributed by atoms with Crippen molar-refractivity contribution in [1.82, 2.24) is 0 Å². The van der Waals surface area contributed by atoms with E-state index in [2.05, 4.69) is 26.0 Å². The summed E-state index contributed by atoms with van der Waals surface area (Å²) in [6.45, 7) is 4.38. The number of aryl methyl sites for hydroxylation is 4. The third kappa shape index (κ3) is 5.65. The zero-order valence-electron chi connectivity index (χ0n) is 18.8. The molecule has 0 aromatic heterocycles. The lowest BCUT2D eigenvalue weighted by molar-refractivity contribution is -0.144. The van der Waals surface area contributed by atoms with Crippen LogP contribution in [-0.2, 0) is 22.4 Å². The predicted octanol–water partition coefficient (Wildman–Crippen LogP) is 6.24. The second-order valence-corrected chi connectivity index (χ2v) is 10.00. The van der Waals surface area contributed by atoms with Crippen LogP contribution in [0, 0.1) is 24.7 Å². The number of hydrogen-bond donors (Lipinski definition) is 2. The molecule has 0 spiro atoms. The van der Waals surface area contributed by atoms with Crippen molar-refractivity contribution in [2.45, 2.75) is 104 Å². The number of rotatable bonds is 14. The molecule has 1 aromatic carbocycles. The minimum absolute atomic E-state index is 0.369. The van der Waals surface area contributed by atoms with Crippen molar-refractivity contribution < 1.29 is 19.8 Å². The molecule has 2 aliphatic rings. The summed E-state index contributed by atoms with van der Waals surface area (Å²) < 4.78 is 0. The van der Waals surface area contributed by atoms with E-state index in [-0.39, 0.29) is 5.41 Å². The SMILES string of the molecule is Cc1cc(C)c(CCCCC2(C(=O)O)CC2)cc1CCCCCCC1(C(=O)O)CC1. The number of hydrogen-bond acceptors (Lipinski definition) is 2. The number of unbranched alkanes of at least 4 members (excludes halogenated alkanes) is 4. The van der Waals surface area contributed by atoms with Gasteiger partial charge in [-0.1, -0.05) is 37.8 Å².